The van der Waals surface area contributed by atoms with E-state index in [0.717, 1.165) is 18.0 Å². The van der Waals surface area contributed by atoms with E-state index in [0.29, 0.717) is 49.6 Å². The van der Waals surface area contributed by atoms with E-state index in [-0.39, 0.29) is 6.07 Å². The van der Waals surface area contributed by atoms with Crippen molar-refractivity contribution in [2.45, 2.75) is 24.3 Å². The number of benzene rings is 3. The van der Waals surface area contributed by atoms with Gasteiger partial charge in [0.2, 0.25) is 5.91 Å². The highest BCUT2D eigenvalue weighted by Crippen LogP contribution is 2.37. The van der Waals surface area contributed by atoms with E-state index >= 15 is 0 Å². The van der Waals surface area contributed by atoms with Crippen molar-refractivity contribution in [1.29, 1.82) is 0 Å². The average molecular weight is 634 g/mol. The molecule has 1 aliphatic rings. The molecule has 240 valence electrons. The molecule has 1 N–H and O–H groups in total. The van der Waals surface area contributed by atoms with Crippen LogP contribution in [0.3, 0.4) is 0 Å². The number of hydrogen-bond donors (Lipinski definition) is 1. The lowest BCUT2D eigenvalue weighted by Gasteiger charge is -2.34. The molecule has 0 bridgehead atoms. The van der Waals surface area contributed by atoms with Crippen molar-refractivity contribution >= 4 is 11.8 Å². The summed E-state index contributed by atoms with van der Waals surface area (Å²) in [6.07, 6.45) is -7.56. The van der Waals surface area contributed by atoms with Crippen LogP contribution in [0.4, 0.5) is 26.3 Å². The van der Waals surface area contributed by atoms with Crippen LogP contribution in [0.5, 0.6) is 0 Å². The first kappa shape index (κ1) is 33.7. The molecule has 1 atom stereocenters. The molecule has 1 aliphatic heterocycles. The predicted molar refractivity (Wildman–Crippen MR) is 156 cm³/mol. The third-order valence-corrected chi connectivity index (χ3v) is 7.54. The molecule has 0 aliphatic carbocycles. The van der Waals surface area contributed by atoms with Gasteiger partial charge in [-0.2, -0.15) is 26.3 Å². The van der Waals surface area contributed by atoms with Gasteiger partial charge in [-0.05, 0) is 29.3 Å². The summed E-state index contributed by atoms with van der Waals surface area (Å²) < 4.78 is 86.9. The van der Waals surface area contributed by atoms with Crippen LogP contribution >= 0.6 is 0 Å². The second-order valence-corrected chi connectivity index (χ2v) is 10.6. The van der Waals surface area contributed by atoms with Crippen molar-refractivity contribution in [3.05, 3.63) is 119 Å². The minimum absolute atomic E-state index is 0.0217. The molecule has 1 heterocycles. The lowest BCUT2D eigenvalue weighted by Crippen LogP contribution is -2.42. The Labute approximate surface area is 257 Å². The number of amides is 2. The van der Waals surface area contributed by atoms with E-state index in [9.17, 15) is 35.9 Å². The van der Waals surface area contributed by atoms with Gasteiger partial charge in [0.05, 0.1) is 30.4 Å². The molecular weight excluding hydrogens is 600 g/mol. The fraction of sp³-hybridized carbons (Fsp3) is 0.333. The van der Waals surface area contributed by atoms with Crippen LogP contribution in [0.15, 0.2) is 91.0 Å². The average Bonchev–Trinajstić information content (AvgIpc) is 3.02. The maximum atomic E-state index is 13.7. The summed E-state index contributed by atoms with van der Waals surface area (Å²) in [5.41, 5.74) is -2.55. The Morgan fingerprint density at radius 3 is 1.87 bits per heavy atom. The first-order valence-corrected chi connectivity index (χ1v) is 14.3. The molecule has 1 unspecified atom stereocenters. The van der Waals surface area contributed by atoms with Gasteiger partial charge in [-0.25, -0.2) is 0 Å². The number of ether oxygens (including phenoxy) is 1. The highest BCUT2D eigenvalue weighted by atomic mass is 19.4. The van der Waals surface area contributed by atoms with Crippen LogP contribution in [0.2, 0.25) is 0 Å². The van der Waals surface area contributed by atoms with Gasteiger partial charge in [-0.15, -0.1) is 0 Å². The maximum Gasteiger partial charge on any atom is 0.416 e. The molecule has 45 heavy (non-hydrogen) atoms. The zero-order chi connectivity index (χ0) is 32.6. The molecule has 1 saturated heterocycles. The monoisotopic (exact) mass is 633 g/mol. The summed E-state index contributed by atoms with van der Waals surface area (Å²) in [7, 11) is 1.29. The number of nitrogens with zero attached hydrogens (tertiary/aromatic N) is 2. The zero-order valence-electron chi connectivity index (χ0n) is 24.4. The quantitative estimate of drug-likeness (QED) is 0.220. The Morgan fingerprint density at radius 2 is 1.38 bits per heavy atom. The molecule has 4 rings (SSSR count). The zero-order valence-corrected chi connectivity index (χ0v) is 24.4. The van der Waals surface area contributed by atoms with Crippen LogP contribution < -0.4 is 5.32 Å². The molecule has 3 aromatic carbocycles. The second kappa shape index (κ2) is 14.7. The van der Waals surface area contributed by atoms with Gasteiger partial charge >= 0.3 is 12.4 Å². The van der Waals surface area contributed by atoms with Crippen molar-refractivity contribution in [2.75, 3.05) is 46.4 Å². The third-order valence-electron chi connectivity index (χ3n) is 7.54. The van der Waals surface area contributed by atoms with Gasteiger partial charge in [0.15, 0.2) is 0 Å². The van der Waals surface area contributed by atoms with Gasteiger partial charge in [0, 0.05) is 50.8 Å². The first-order valence-electron chi connectivity index (χ1n) is 14.3. The van der Waals surface area contributed by atoms with E-state index in [1.165, 1.54) is 19.2 Å². The smallest absolute Gasteiger partial charge is 0.379 e. The molecule has 3 aromatic rings. The van der Waals surface area contributed by atoms with Crippen LogP contribution in [0.25, 0.3) is 0 Å². The molecule has 0 spiro atoms. The Hall–Kier alpha value is -4.16. The topological polar surface area (TPSA) is 61.9 Å². The number of carbonyl (C=O) groups excluding carboxylic acids is 2. The number of hydrogen-bond acceptors (Lipinski definition) is 4. The normalized spacial score (nSPS) is 15.3. The molecule has 6 nitrogen and oxygen atoms in total. The Morgan fingerprint density at radius 1 is 0.867 bits per heavy atom. The number of rotatable bonds is 10. The van der Waals surface area contributed by atoms with Gasteiger partial charge in [-0.3, -0.25) is 14.5 Å². The van der Waals surface area contributed by atoms with Crippen LogP contribution in [-0.4, -0.2) is 74.1 Å². The number of alkyl halides is 6. The minimum atomic E-state index is -5.12. The largest absolute Gasteiger partial charge is 0.416 e. The van der Waals surface area contributed by atoms with Crippen molar-refractivity contribution < 1.29 is 40.7 Å². The van der Waals surface area contributed by atoms with Crippen LogP contribution in [0, 0.1) is 0 Å². The number of carbonyl (C=O) groups is 2. The lowest BCUT2D eigenvalue weighted by molar-refractivity contribution is -0.143. The van der Waals surface area contributed by atoms with E-state index in [2.05, 4.69) is 10.2 Å². The lowest BCUT2D eigenvalue weighted by atomic mass is 9.83. The maximum absolute atomic E-state index is 13.7. The molecular formula is C33H33F6N3O3. The molecule has 0 aromatic heterocycles. The van der Waals surface area contributed by atoms with Crippen molar-refractivity contribution in [2.24, 2.45) is 0 Å². The van der Waals surface area contributed by atoms with Crippen molar-refractivity contribution in [3.63, 3.8) is 0 Å². The number of morpholine rings is 1. The summed E-state index contributed by atoms with van der Waals surface area (Å²) in [6.45, 7) is 3.62. The standard InChI is InChI=1S/C33H33F6N3O3/c1-41(31(44)25-20-26(32(34,35)36)22-27(21-25)33(37,38)39)28(12-13-29(43)40-14-15-42-16-18-45-19-17-42)30(23-8-4-2-5-9-23)24-10-6-3-7-11-24/h2-13,20-22,28,30H,14-19H2,1H3,(H,40,43). The number of nitrogens with one attached hydrogen (secondary N) is 1. The van der Waals surface area contributed by atoms with Crippen molar-refractivity contribution in [3.8, 4) is 0 Å². The van der Waals surface area contributed by atoms with Gasteiger partial charge in [-0.1, -0.05) is 66.7 Å². The fourth-order valence-electron chi connectivity index (χ4n) is 5.20. The van der Waals surface area contributed by atoms with E-state index in [1.807, 2.05) is 0 Å². The molecule has 0 saturated carbocycles. The molecule has 0 radical (unpaired) electrons. The van der Waals surface area contributed by atoms with Crippen molar-refractivity contribution in [1.82, 2.24) is 15.1 Å². The van der Waals surface area contributed by atoms with Crippen LogP contribution in [-0.2, 0) is 21.9 Å². The SMILES string of the molecule is CN(C(=O)c1cc(C(F)(F)F)cc(C(F)(F)F)c1)C(C=CC(=O)NCCN1CCOCC1)C(c1ccccc1)c1ccccc1. The molecule has 1 fully saturated rings. The predicted octanol–water partition coefficient (Wildman–Crippen LogP) is 6.00. The summed E-state index contributed by atoms with van der Waals surface area (Å²) in [5, 5.41) is 2.79. The number of likely N-dealkylation sites (N-methyl/N-ethyl adjacent to an activating group) is 1. The second-order valence-electron chi connectivity index (χ2n) is 10.6. The highest BCUT2D eigenvalue weighted by Gasteiger charge is 2.38. The van der Waals surface area contributed by atoms with Crippen LogP contribution in [0.1, 0.15) is 38.5 Å². The summed E-state index contributed by atoms with van der Waals surface area (Å²) >= 11 is 0. The van der Waals surface area contributed by atoms with E-state index in [1.54, 1.807) is 60.7 Å². The third kappa shape index (κ3) is 9.18. The Kier molecular flexibility index (Phi) is 11.1. The molecule has 12 heteroatoms. The highest BCUT2D eigenvalue weighted by molar-refractivity contribution is 5.95. The van der Waals surface area contributed by atoms with E-state index < -0.39 is 52.8 Å². The summed E-state index contributed by atoms with van der Waals surface area (Å²) in [5.74, 6) is -2.18. The Bertz CT molecular complexity index is 1380. The number of halogens is 6. The van der Waals surface area contributed by atoms with Gasteiger partial charge < -0.3 is 15.0 Å². The summed E-state index contributed by atoms with van der Waals surface area (Å²) in [6, 6.07) is 17.7. The fourth-order valence-corrected chi connectivity index (χ4v) is 5.20. The van der Waals surface area contributed by atoms with E-state index in [4.69, 9.17) is 4.74 Å². The van der Waals surface area contributed by atoms with Gasteiger partial charge in [0.1, 0.15) is 0 Å². The minimum Gasteiger partial charge on any atom is -0.379 e. The molecule has 2 amide bonds. The first-order chi connectivity index (χ1) is 21.3. The Balaban J connectivity index is 1.71. The summed E-state index contributed by atoms with van der Waals surface area (Å²) in [4.78, 5) is 29.8. The van der Waals surface area contributed by atoms with Gasteiger partial charge in [0.25, 0.3) is 5.91 Å².